The predicted octanol–water partition coefficient (Wildman–Crippen LogP) is 2.29. The van der Waals surface area contributed by atoms with E-state index in [2.05, 4.69) is 10.6 Å². The average molecular weight is 283 g/mol. The second kappa shape index (κ2) is 7.48. The zero-order chi connectivity index (χ0) is 13.5. The van der Waals surface area contributed by atoms with E-state index in [9.17, 15) is 4.79 Å². The third-order valence-corrected chi connectivity index (χ3v) is 3.41. The van der Waals surface area contributed by atoms with Crippen LogP contribution in [0, 0.1) is 5.92 Å². The standard InChI is InChI=1S/C14H19ClN2O2/c15-12-2-1-3-13(8-12)17-14(18)10-19-7-5-11-4-6-16-9-11/h1-3,8,11,16H,4-7,9-10H2,(H,17,18). The first-order valence-electron chi connectivity index (χ1n) is 6.58. The maximum atomic E-state index is 11.6. The normalized spacial score (nSPS) is 18.5. The first kappa shape index (κ1) is 14.3. The van der Waals surface area contributed by atoms with Crippen molar-refractivity contribution in [2.24, 2.45) is 5.92 Å². The van der Waals surface area contributed by atoms with Crippen molar-refractivity contribution >= 4 is 23.2 Å². The number of hydrogen-bond donors (Lipinski definition) is 2. The topological polar surface area (TPSA) is 50.4 Å². The Kier molecular flexibility index (Phi) is 5.63. The monoisotopic (exact) mass is 282 g/mol. The van der Waals surface area contributed by atoms with Crippen LogP contribution in [-0.2, 0) is 9.53 Å². The molecule has 0 saturated carbocycles. The van der Waals surface area contributed by atoms with E-state index in [1.54, 1.807) is 24.3 Å². The summed E-state index contributed by atoms with van der Waals surface area (Å²) in [6.45, 7) is 2.89. The molecule has 1 fully saturated rings. The molecule has 0 aliphatic carbocycles. The number of benzene rings is 1. The summed E-state index contributed by atoms with van der Waals surface area (Å²) in [5.41, 5.74) is 0.695. The quantitative estimate of drug-likeness (QED) is 0.787. The Labute approximate surface area is 118 Å². The maximum Gasteiger partial charge on any atom is 0.250 e. The number of rotatable bonds is 6. The van der Waals surface area contributed by atoms with Crippen LogP contribution in [0.2, 0.25) is 5.02 Å². The molecule has 1 atom stereocenters. The van der Waals surface area contributed by atoms with Gasteiger partial charge in [-0.1, -0.05) is 17.7 Å². The van der Waals surface area contributed by atoms with Gasteiger partial charge in [0.15, 0.2) is 0 Å². The van der Waals surface area contributed by atoms with Crippen LogP contribution >= 0.6 is 11.6 Å². The lowest BCUT2D eigenvalue weighted by Gasteiger charge is -2.09. The molecule has 0 aromatic heterocycles. The van der Waals surface area contributed by atoms with Crippen LogP contribution in [-0.4, -0.2) is 32.2 Å². The van der Waals surface area contributed by atoms with E-state index in [0.29, 0.717) is 23.2 Å². The molecule has 1 aliphatic heterocycles. The Morgan fingerprint density at radius 1 is 1.53 bits per heavy atom. The number of halogens is 1. The lowest BCUT2D eigenvalue weighted by atomic mass is 10.1. The van der Waals surface area contributed by atoms with Crippen LogP contribution in [0.25, 0.3) is 0 Å². The molecule has 0 radical (unpaired) electrons. The second-order valence-electron chi connectivity index (χ2n) is 4.76. The fraction of sp³-hybridized carbons (Fsp3) is 0.500. The van der Waals surface area contributed by atoms with Crippen LogP contribution in [0.1, 0.15) is 12.8 Å². The van der Waals surface area contributed by atoms with Crippen LogP contribution < -0.4 is 10.6 Å². The smallest absolute Gasteiger partial charge is 0.250 e. The van der Waals surface area contributed by atoms with Crippen LogP contribution in [0.5, 0.6) is 0 Å². The Morgan fingerprint density at radius 2 is 2.42 bits per heavy atom. The largest absolute Gasteiger partial charge is 0.372 e. The van der Waals surface area contributed by atoms with Crippen molar-refractivity contribution in [2.45, 2.75) is 12.8 Å². The highest BCUT2D eigenvalue weighted by Crippen LogP contribution is 2.15. The van der Waals surface area contributed by atoms with Gasteiger partial charge >= 0.3 is 0 Å². The van der Waals surface area contributed by atoms with Gasteiger partial charge in [-0.25, -0.2) is 0 Å². The fourth-order valence-corrected chi connectivity index (χ4v) is 2.33. The molecule has 104 valence electrons. The summed E-state index contributed by atoms with van der Waals surface area (Å²) >= 11 is 5.84. The fourth-order valence-electron chi connectivity index (χ4n) is 2.14. The van der Waals surface area contributed by atoms with Gasteiger partial charge in [-0.05, 0) is 50.0 Å². The van der Waals surface area contributed by atoms with Crippen LogP contribution in [0.15, 0.2) is 24.3 Å². The molecule has 19 heavy (non-hydrogen) atoms. The Balaban J connectivity index is 1.61. The van der Waals surface area contributed by atoms with Crippen molar-refractivity contribution in [1.82, 2.24) is 5.32 Å². The lowest BCUT2D eigenvalue weighted by molar-refractivity contribution is -0.120. The molecule has 5 heteroatoms. The minimum absolute atomic E-state index is 0.0899. The zero-order valence-corrected chi connectivity index (χ0v) is 11.6. The second-order valence-corrected chi connectivity index (χ2v) is 5.20. The first-order valence-corrected chi connectivity index (χ1v) is 6.96. The summed E-state index contributed by atoms with van der Waals surface area (Å²) in [6.07, 6.45) is 2.22. The SMILES string of the molecule is O=C(COCCC1CCNC1)Nc1cccc(Cl)c1. The predicted molar refractivity (Wildman–Crippen MR) is 76.5 cm³/mol. The van der Waals surface area contributed by atoms with Gasteiger partial charge in [-0.15, -0.1) is 0 Å². The first-order chi connectivity index (χ1) is 9.24. The molecule has 1 aromatic rings. The summed E-state index contributed by atoms with van der Waals surface area (Å²) in [7, 11) is 0. The van der Waals surface area contributed by atoms with Gasteiger partial charge < -0.3 is 15.4 Å². The van der Waals surface area contributed by atoms with E-state index >= 15 is 0 Å². The molecule has 1 amide bonds. The third kappa shape index (κ3) is 5.19. The molecule has 2 rings (SSSR count). The van der Waals surface area contributed by atoms with E-state index in [-0.39, 0.29) is 12.5 Å². The van der Waals surface area contributed by atoms with Crippen molar-refractivity contribution in [3.8, 4) is 0 Å². The van der Waals surface area contributed by atoms with E-state index in [1.165, 1.54) is 6.42 Å². The number of hydrogen-bond acceptors (Lipinski definition) is 3. The van der Waals surface area contributed by atoms with Crippen molar-refractivity contribution in [2.75, 3.05) is 31.6 Å². The molecule has 1 unspecified atom stereocenters. The summed E-state index contributed by atoms with van der Waals surface area (Å²) in [5.74, 6) is 0.544. The van der Waals surface area contributed by atoms with Crippen molar-refractivity contribution in [3.63, 3.8) is 0 Å². The minimum Gasteiger partial charge on any atom is -0.372 e. The van der Waals surface area contributed by atoms with Gasteiger partial charge in [0.2, 0.25) is 5.91 Å². The molecule has 4 nitrogen and oxygen atoms in total. The van der Waals surface area contributed by atoms with E-state index in [1.807, 2.05) is 0 Å². The molecule has 1 aliphatic rings. The third-order valence-electron chi connectivity index (χ3n) is 3.17. The molecule has 1 aromatic carbocycles. The van der Waals surface area contributed by atoms with Gasteiger partial charge in [0.25, 0.3) is 0 Å². The number of anilines is 1. The van der Waals surface area contributed by atoms with Gasteiger partial charge in [-0.2, -0.15) is 0 Å². The molecule has 1 saturated heterocycles. The highest BCUT2D eigenvalue weighted by atomic mass is 35.5. The number of amides is 1. The number of carbonyl (C=O) groups is 1. The summed E-state index contributed by atoms with van der Waals surface area (Å²) in [5, 5.41) is 6.67. The van der Waals surface area contributed by atoms with E-state index < -0.39 is 0 Å². The number of carbonyl (C=O) groups excluding carboxylic acids is 1. The Bertz CT molecular complexity index is 420. The molecule has 1 heterocycles. The summed E-state index contributed by atoms with van der Waals surface area (Å²) in [6, 6.07) is 7.08. The minimum atomic E-state index is -0.146. The van der Waals surface area contributed by atoms with Gasteiger partial charge in [0, 0.05) is 17.3 Å². The van der Waals surface area contributed by atoms with Gasteiger partial charge in [0.1, 0.15) is 6.61 Å². The van der Waals surface area contributed by atoms with E-state index in [0.717, 1.165) is 19.5 Å². The Hall–Kier alpha value is -1.10. The highest BCUT2D eigenvalue weighted by Gasteiger charge is 2.13. The molecule has 2 N–H and O–H groups in total. The van der Waals surface area contributed by atoms with Crippen molar-refractivity contribution in [3.05, 3.63) is 29.3 Å². The van der Waals surface area contributed by atoms with E-state index in [4.69, 9.17) is 16.3 Å². The van der Waals surface area contributed by atoms with Gasteiger partial charge in [0.05, 0.1) is 0 Å². The lowest BCUT2D eigenvalue weighted by Crippen LogP contribution is -2.19. The average Bonchev–Trinajstić information content (AvgIpc) is 2.88. The number of ether oxygens (including phenoxy) is 1. The molecule has 0 spiro atoms. The zero-order valence-electron chi connectivity index (χ0n) is 10.8. The summed E-state index contributed by atoms with van der Waals surface area (Å²) < 4.78 is 5.39. The molecular weight excluding hydrogens is 264 g/mol. The van der Waals surface area contributed by atoms with Crippen molar-refractivity contribution in [1.29, 1.82) is 0 Å². The Morgan fingerprint density at radius 3 is 3.16 bits per heavy atom. The summed E-state index contributed by atoms with van der Waals surface area (Å²) in [4.78, 5) is 11.6. The molecule has 0 bridgehead atoms. The van der Waals surface area contributed by atoms with Gasteiger partial charge in [-0.3, -0.25) is 4.79 Å². The maximum absolute atomic E-state index is 11.6. The van der Waals surface area contributed by atoms with Crippen molar-refractivity contribution < 1.29 is 9.53 Å². The van der Waals surface area contributed by atoms with Crippen LogP contribution in [0.4, 0.5) is 5.69 Å². The highest BCUT2D eigenvalue weighted by molar-refractivity contribution is 6.30. The number of nitrogens with one attached hydrogen (secondary N) is 2. The molecular formula is C14H19ClN2O2. The van der Waals surface area contributed by atoms with Crippen LogP contribution in [0.3, 0.4) is 0 Å².